The summed E-state index contributed by atoms with van der Waals surface area (Å²) in [6, 6.07) is 19.1. The van der Waals surface area contributed by atoms with Gasteiger partial charge in [-0.15, -0.1) is 5.10 Å². The second-order valence-electron chi connectivity index (χ2n) is 6.88. The van der Waals surface area contributed by atoms with E-state index in [-0.39, 0.29) is 11.6 Å². The molecule has 0 fully saturated rings. The Morgan fingerprint density at radius 2 is 1.90 bits per heavy atom. The molecule has 5 aromatic rings. The van der Waals surface area contributed by atoms with Crippen molar-refractivity contribution in [2.45, 2.75) is 6.92 Å². The molecule has 0 atom stereocenters. The summed E-state index contributed by atoms with van der Waals surface area (Å²) in [6.07, 6.45) is 3.34. The molecule has 0 radical (unpaired) electrons. The van der Waals surface area contributed by atoms with Gasteiger partial charge in [0, 0.05) is 4.47 Å². The number of rotatable bonds is 4. The molecular formula is C22H16BrN7O. The lowest BCUT2D eigenvalue weighted by Gasteiger charge is -2.07. The van der Waals surface area contributed by atoms with Gasteiger partial charge in [0.25, 0.3) is 5.91 Å². The van der Waals surface area contributed by atoms with Crippen molar-refractivity contribution in [2.75, 3.05) is 5.32 Å². The number of anilines is 1. The molecule has 0 aliphatic rings. The van der Waals surface area contributed by atoms with E-state index in [2.05, 4.69) is 41.5 Å². The molecule has 5 rings (SSSR count). The van der Waals surface area contributed by atoms with Gasteiger partial charge in [0.05, 0.1) is 34.3 Å². The average Bonchev–Trinajstić information content (AvgIpc) is 3.38. The second-order valence-corrected chi connectivity index (χ2v) is 7.79. The molecule has 1 N–H and O–H groups in total. The van der Waals surface area contributed by atoms with E-state index in [1.165, 1.54) is 0 Å². The van der Waals surface area contributed by atoms with E-state index in [1.54, 1.807) is 30.2 Å². The molecule has 9 heteroatoms. The number of hydrogen-bond acceptors (Lipinski definition) is 5. The monoisotopic (exact) mass is 473 g/mol. The lowest BCUT2D eigenvalue weighted by atomic mass is 10.2. The third-order valence-corrected chi connectivity index (χ3v) is 5.36. The van der Waals surface area contributed by atoms with Crippen molar-refractivity contribution in [3.05, 3.63) is 89.0 Å². The van der Waals surface area contributed by atoms with Crippen LogP contribution >= 0.6 is 15.9 Å². The van der Waals surface area contributed by atoms with E-state index >= 15 is 0 Å². The molecule has 0 bridgehead atoms. The van der Waals surface area contributed by atoms with Crippen LogP contribution < -0.4 is 5.32 Å². The number of nitrogens with one attached hydrogen (secondary N) is 1. The van der Waals surface area contributed by atoms with Crippen LogP contribution in [0.5, 0.6) is 0 Å². The van der Waals surface area contributed by atoms with Crippen molar-refractivity contribution < 1.29 is 4.79 Å². The van der Waals surface area contributed by atoms with Crippen LogP contribution in [-0.2, 0) is 0 Å². The summed E-state index contributed by atoms with van der Waals surface area (Å²) in [7, 11) is 0. The molecule has 152 valence electrons. The number of halogens is 1. The Balaban J connectivity index is 1.37. The molecule has 0 spiro atoms. The van der Waals surface area contributed by atoms with E-state index in [1.807, 2.05) is 59.2 Å². The Bertz CT molecular complexity index is 1410. The lowest BCUT2D eigenvalue weighted by Crippen LogP contribution is -2.14. The minimum absolute atomic E-state index is 0.254. The number of pyridine rings is 1. The summed E-state index contributed by atoms with van der Waals surface area (Å²) in [5.41, 5.74) is 4.14. The highest BCUT2D eigenvalue weighted by atomic mass is 79.9. The van der Waals surface area contributed by atoms with Crippen molar-refractivity contribution in [3.8, 4) is 11.5 Å². The Morgan fingerprint density at radius 3 is 2.71 bits per heavy atom. The number of benzene rings is 2. The zero-order chi connectivity index (χ0) is 21.4. The predicted molar refractivity (Wildman–Crippen MR) is 121 cm³/mol. The normalized spacial score (nSPS) is 11.0. The fourth-order valence-corrected chi connectivity index (χ4v) is 3.71. The van der Waals surface area contributed by atoms with Crippen LogP contribution in [-0.4, -0.2) is 35.4 Å². The fourth-order valence-electron chi connectivity index (χ4n) is 3.33. The molecule has 31 heavy (non-hydrogen) atoms. The molecule has 1 amide bonds. The molecule has 0 aliphatic carbocycles. The van der Waals surface area contributed by atoms with Crippen LogP contribution in [0.3, 0.4) is 0 Å². The minimum atomic E-state index is -0.346. The summed E-state index contributed by atoms with van der Waals surface area (Å²) in [5, 5.41) is 11.0. The van der Waals surface area contributed by atoms with Gasteiger partial charge >= 0.3 is 0 Å². The zero-order valence-electron chi connectivity index (χ0n) is 16.4. The van der Waals surface area contributed by atoms with Crippen LogP contribution in [0.15, 0.2) is 77.7 Å². The Hall–Kier alpha value is -3.85. The fraction of sp³-hybridized carbons (Fsp3) is 0.0455. The largest absolute Gasteiger partial charge is 0.319 e. The Kier molecular flexibility index (Phi) is 4.79. The zero-order valence-corrected chi connectivity index (χ0v) is 18.0. The van der Waals surface area contributed by atoms with Gasteiger partial charge in [0.1, 0.15) is 12.1 Å². The van der Waals surface area contributed by atoms with E-state index in [0.29, 0.717) is 17.2 Å². The van der Waals surface area contributed by atoms with Crippen molar-refractivity contribution in [2.24, 2.45) is 0 Å². The molecular weight excluding hydrogens is 458 g/mol. The number of nitrogens with zero attached hydrogens (tertiary/aromatic N) is 6. The third kappa shape index (κ3) is 3.59. The number of fused-ring (bicyclic) bond motifs is 1. The molecule has 8 nitrogen and oxygen atoms in total. The van der Waals surface area contributed by atoms with Gasteiger partial charge in [0.2, 0.25) is 0 Å². The molecule has 0 aliphatic heterocycles. The van der Waals surface area contributed by atoms with Crippen LogP contribution in [0.2, 0.25) is 0 Å². The van der Waals surface area contributed by atoms with Gasteiger partial charge in [-0.3, -0.25) is 9.36 Å². The van der Waals surface area contributed by atoms with Crippen LogP contribution in [0, 0.1) is 6.92 Å². The maximum absolute atomic E-state index is 12.8. The number of carbonyl (C=O) groups excluding carboxylic acids is 1. The second kappa shape index (κ2) is 7.77. The number of para-hydroxylation sites is 2. The predicted octanol–water partition coefficient (Wildman–Crippen LogP) is 4.32. The van der Waals surface area contributed by atoms with Crippen molar-refractivity contribution in [1.82, 2.24) is 29.5 Å². The van der Waals surface area contributed by atoms with Crippen molar-refractivity contribution in [3.63, 3.8) is 0 Å². The highest BCUT2D eigenvalue weighted by Crippen LogP contribution is 2.20. The number of hydrogen-bond donors (Lipinski definition) is 1. The summed E-state index contributed by atoms with van der Waals surface area (Å²) < 4.78 is 4.45. The van der Waals surface area contributed by atoms with E-state index in [4.69, 9.17) is 0 Å². The first-order chi connectivity index (χ1) is 15.1. The van der Waals surface area contributed by atoms with Gasteiger partial charge in [-0.2, -0.15) is 0 Å². The Labute approximate surface area is 185 Å². The van der Waals surface area contributed by atoms with Gasteiger partial charge in [-0.1, -0.05) is 39.3 Å². The SMILES string of the molecule is Cc1c(C(=O)Nc2ccc(-n3cnc4ccccc43)nc2)nnn1-c1cccc(Br)c1. The molecule has 0 unspecified atom stereocenters. The van der Waals surface area contributed by atoms with E-state index in [0.717, 1.165) is 21.2 Å². The van der Waals surface area contributed by atoms with Crippen LogP contribution in [0.25, 0.3) is 22.5 Å². The highest BCUT2D eigenvalue weighted by molar-refractivity contribution is 9.10. The molecule has 2 aromatic carbocycles. The number of imidazole rings is 1. The standard InChI is InChI=1S/C22H16BrN7O/c1-14-21(27-28-30(14)17-6-4-5-15(23)11-17)22(31)26-16-9-10-20(24-12-16)29-13-25-18-7-2-3-8-19(18)29/h2-13H,1H3,(H,26,31). The Morgan fingerprint density at radius 1 is 1.03 bits per heavy atom. The summed E-state index contributed by atoms with van der Waals surface area (Å²) in [6.45, 7) is 1.81. The quantitative estimate of drug-likeness (QED) is 0.419. The summed E-state index contributed by atoms with van der Waals surface area (Å²) in [5.74, 6) is 0.366. The molecule has 3 aromatic heterocycles. The summed E-state index contributed by atoms with van der Waals surface area (Å²) >= 11 is 3.44. The number of aromatic nitrogens is 6. The van der Waals surface area contributed by atoms with Gasteiger partial charge in [-0.25, -0.2) is 14.6 Å². The third-order valence-electron chi connectivity index (χ3n) is 4.87. The van der Waals surface area contributed by atoms with Crippen molar-refractivity contribution >= 4 is 38.6 Å². The van der Waals surface area contributed by atoms with Crippen LogP contribution in [0.4, 0.5) is 5.69 Å². The first-order valence-electron chi connectivity index (χ1n) is 9.48. The molecule has 3 heterocycles. The van der Waals surface area contributed by atoms with Crippen LogP contribution in [0.1, 0.15) is 16.2 Å². The maximum Gasteiger partial charge on any atom is 0.278 e. The first kappa shape index (κ1) is 19.1. The number of carbonyl (C=O) groups is 1. The highest BCUT2D eigenvalue weighted by Gasteiger charge is 2.18. The molecule has 0 saturated carbocycles. The van der Waals surface area contributed by atoms with Crippen molar-refractivity contribution in [1.29, 1.82) is 0 Å². The smallest absolute Gasteiger partial charge is 0.278 e. The average molecular weight is 474 g/mol. The van der Waals surface area contributed by atoms with Gasteiger partial charge < -0.3 is 5.32 Å². The summed E-state index contributed by atoms with van der Waals surface area (Å²) in [4.78, 5) is 21.6. The van der Waals surface area contributed by atoms with Gasteiger partial charge in [0.15, 0.2) is 5.69 Å². The maximum atomic E-state index is 12.8. The minimum Gasteiger partial charge on any atom is -0.319 e. The van der Waals surface area contributed by atoms with Gasteiger partial charge in [-0.05, 0) is 49.4 Å². The van der Waals surface area contributed by atoms with E-state index < -0.39 is 0 Å². The lowest BCUT2D eigenvalue weighted by molar-refractivity contribution is 0.102. The first-order valence-corrected chi connectivity index (χ1v) is 10.3. The topological polar surface area (TPSA) is 90.5 Å². The van der Waals surface area contributed by atoms with E-state index in [9.17, 15) is 4.79 Å². The number of amides is 1. The molecule has 0 saturated heterocycles.